The van der Waals surface area contributed by atoms with Crippen LogP contribution in [-0.4, -0.2) is 55.2 Å². The van der Waals surface area contributed by atoms with E-state index in [1.165, 1.54) is 23.1 Å². The summed E-state index contributed by atoms with van der Waals surface area (Å²) in [7, 11) is 0. The molecule has 10 heteroatoms. The SMILES string of the molecule is C#Cc1ccc(OC(=O)NC(C)(CSC)C(=O)Nc2ccc(N3CCOCC3=O)c(C)c2)s1. The van der Waals surface area contributed by atoms with Gasteiger partial charge >= 0.3 is 6.09 Å². The van der Waals surface area contributed by atoms with E-state index in [-0.39, 0.29) is 18.4 Å². The number of carbonyl (C=O) groups excluding carboxylic acids is 3. The highest BCUT2D eigenvalue weighted by atomic mass is 32.2. The van der Waals surface area contributed by atoms with E-state index in [4.69, 9.17) is 15.9 Å². The minimum Gasteiger partial charge on any atom is -0.399 e. The summed E-state index contributed by atoms with van der Waals surface area (Å²) in [4.78, 5) is 40.0. The van der Waals surface area contributed by atoms with Crippen molar-refractivity contribution in [2.24, 2.45) is 0 Å². The minimum absolute atomic E-state index is 0.0578. The molecule has 3 rings (SSSR count). The van der Waals surface area contributed by atoms with E-state index in [0.29, 0.717) is 34.5 Å². The van der Waals surface area contributed by atoms with Crippen molar-refractivity contribution in [3.63, 3.8) is 0 Å². The van der Waals surface area contributed by atoms with E-state index < -0.39 is 11.6 Å². The van der Waals surface area contributed by atoms with Gasteiger partial charge in [0.05, 0.1) is 11.5 Å². The van der Waals surface area contributed by atoms with Crippen molar-refractivity contribution in [1.29, 1.82) is 0 Å². The van der Waals surface area contributed by atoms with Crippen molar-refractivity contribution in [1.82, 2.24) is 5.32 Å². The highest BCUT2D eigenvalue weighted by molar-refractivity contribution is 7.98. The normalized spacial score (nSPS) is 15.3. The fourth-order valence-electron chi connectivity index (χ4n) is 3.32. The third kappa shape index (κ3) is 6.07. The van der Waals surface area contributed by atoms with Gasteiger partial charge in [-0.2, -0.15) is 11.8 Å². The smallest absolute Gasteiger partial charge is 0.399 e. The first kappa shape index (κ1) is 24.6. The Labute approximate surface area is 201 Å². The molecular formula is C23H25N3O5S2. The number of nitrogens with zero attached hydrogens (tertiary/aromatic N) is 1. The highest BCUT2D eigenvalue weighted by Crippen LogP contribution is 2.27. The van der Waals surface area contributed by atoms with Crippen LogP contribution < -0.4 is 20.3 Å². The number of amides is 3. The molecule has 33 heavy (non-hydrogen) atoms. The summed E-state index contributed by atoms with van der Waals surface area (Å²) in [6, 6.07) is 8.60. The van der Waals surface area contributed by atoms with Crippen molar-refractivity contribution in [3.8, 4) is 17.4 Å². The predicted molar refractivity (Wildman–Crippen MR) is 131 cm³/mol. The van der Waals surface area contributed by atoms with Gasteiger partial charge in [0.2, 0.25) is 0 Å². The molecule has 1 unspecified atom stereocenters. The summed E-state index contributed by atoms with van der Waals surface area (Å²) in [6.45, 7) is 4.53. The topological polar surface area (TPSA) is 97.0 Å². The molecule has 2 aromatic rings. The molecule has 0 aliphatic carbocycles. The molecule has 1 aliphatic rings. The summed E-state index contributed by atoms with van der Waals surface area (Å²) in [5, 5.41) is 5.87. The first-order valence-electron chi connectivity index (χ1n) is 10.1. The van der Waals surface area contributed by atoms with Gasteiger partial charge in [-0.1, -0.05) is 17.3 Å². The van der Waals surface area contributed by atoms with Gasteiger partial charge in [0.15, 0.2) is 5.06 Å². The van der Waals surface area contributed by atoms with Gasteiger partial charge in [-0.15, -0.1) is 6.42 Å². The van der Waals surface area contributed by atoms with E-state index >= 15 is 0 Å². The molecule has 2 N–H and O–H groups in total. The third-order valence-corrected chi connectivity index (χ3v) is 6.72. The zero-order chi connectivity index (χ0) is 24.0. The molecule has 1 aromatic heterocycles. The Kier molecular flexibility index (Phi) is 8.02. The van der Waals surface area contributed by atoms with Crippen molar-refractivity contribution < 1.29 is 23.9 Å². The van der Waals surface area contributed by atoms with Crippen LogP contribution in [0.15, 0.2) is 30.3 Å². The monoisotopic (exact) mass is 487 g/mol. The number of benzene rings is 1. The van der Waals surface area contributed by atoms with Gasteiger partial charge in [-0.05, 0) is 56.0 Å². The average molecular weight is 488 g/mol. The van der Waals surface area contributed by atoms with Crippen LogP contribution in [0.25, 0.3) is 0 Å². The predicted octanol–water partition coefficient (Wildman–Crippen LogP) is 3.25. The number of aryl methyl sites for hydroxylation is 1. The maximum absolute atomic E-state index is 13.1. The summed E-state index contributed by atoms with van der Waals surface area (Å²) >= 11 is 2.58. The van der Waals surface area contributed by atoms with E-state index in [1.807, 2.05) is 13.2 Å². The summed E-state index contributed by atoms with van der Waals surface area (Å²) in [5.41, 5.74) is 0.942. The van der Waals surface area contributed by atoms with Crippen LogP contribution in [0.2, 0.25) is 0 Å². The Morgan fingerprint density at radius 2 is 2.15 bits per heavy atom. The van der Waals surface area contributed by atoms with E-state index in [0.717, 1.165) is 11.3 Å². The molecule has 2 heterocycles. The molecule has 8 nitrogen and oxygen atoms in total. The van der Waals surface area contributed by atoms with Gasteiger partial charge in [0, 0.05) is 23.7 Å². The number of ether oxygens (including phenoxy) is 2. The van der Waals surface area contributed by atoms with Crippen LogP contribution in [0.3, 0.4) is 0 Å². The number of anilines is 2. The molecule has 3 amide bonds. The van der Waals surface area contributed by atoms with Crippen LogP contribution in [0, 0.1) is 19.3 Å². The number of hydrogen-bond acceptors (Lipinski definition) is 7. The van der Waals surface area contributed by atoms with Gasteiger partial charge < -0.3 is 25.0 Å². The van der Waals surface area contributed by atoms with Crippen molar-refractivity contribution in [3.05, 3.63) is 40.8 Å². The number of rotatable bonds is 7. The molecule has 1 atom stereocenters. The van der Waals surface area contributed by atoms with Crippen LogP contribution >= 0.6 is 23.1 Å². The average Bonchev–Trinajstić information content (AvgIpc) is 3.22. The lowest BCUT2D eigenvalue weighted by atomic mass is 10.0. The Morgan fingerprint density at radius 1 is 1.36 bits per heavy atom. The lowest BCUT2D eigenvalue weighted by Crippen LogP contribution is -2.57. The molecule has 174 valence electrons. The fourth-order valence-corrected chi connectivity index (χ4v) is 4.77. The Morgan fingerprint density at radius 3 is 2.79 bits per heavy atom. The molecule has 0 bridgehead atoms. The van der Waals surface area contributed by atoms with Gasteiger partial charge in [0.1, 0.15) is 12.1 Å². The first-order chi connectivity index (χ1) is 15.8. The van der Waals surface area contributed by atoms with Crippen molar-refractivity contribution in [2.45, 2.75) is 19.4 Å². The van der Waals surface area contributed by atoms with Crippen LogP contribution in [0.5, 0.6) is 5.06 Å². The third-order valence-electron chi connectivity index (χ3n) is 4.96. The number of carbonyl (C=O) groups is 3. The van der Waals surface area contributed by atoms with E-state index in [1.54, 1.807) is 42.2 Å². The lowest BCUT2D eigenvalue weighted by Gasteiger charge is -2.29. The summed E-state index contributed by atoms with van der Waals surface area (Å²) in [5.74, 6) is 2.31. The number of terminal acetylenes is 1. The van der Waals surface area contributed by atoms with Crippen LogP contribution in [0.4, 0.5) is 16.2 Å². The quantitative estimate of drug-likeness (QED) is 0.582. The lowest BCUT2D eigenvalue weighted by molar-refractivity contribution is -0.125. The first-order valence-corrected chi connectivity index (χ1v) is 12.3. The highest BCUT2D eigenvalue weighted by Gasteiger charge is 2.35. The fraction of sp³-hybridized carbons (Fsp3) is 0.348. The largest absolute Gasteiger partial charge is 0.414 e. The van der Waals surface area contributed by atoms with Crippen LogP contribution in [0.1, 0.15) is 17.4 Å². The number of thiophene rings is 1. The van der Waals surface area contributed by atoms with Crippen molar-refractivity contribution in [2.75, 3.05) is 42.0 Å². The number of morpholine rings is 1. The van der Waals surface area contributed by atoms with Crippen molar-refractivity contribution >= 4 is 52.4 Å². The molecule has 0 spiro atoms. The Hall–Kier alpha value is -3.00. The Bertz CT molecular complexity index is 1090. The standard InChI is InChI=1S/C23H25N3O5S2/c1-5-17-7-9-20(33-17)31-22(29)25-23(3,14-32-4)21(28)24-16-6-8-18(15(2)12-16)26-10-11-30-13-19(26)27/h1,6-9,12H,10-11,13-14H2,2-4H3,(H,24,28)(H,25,29). The second kappa shape index (κ2) is 10.7. The number of thioether (sulfide) groups is 1. The molecular weight excluding hydrogens is 462 g/mol. The zero-order valence-corrected chi connectivity index (χ0v) is 20.2. The molecule has 1 aromatic carbocycles. The second-order valence-electron chi connectivity index (χ2n) is 7.60. The minimum atomic E-state index is -1.23. The molecule has 1 aliphatic heterocycles. The maximum Gasteiger partial charge on any atom is 0.414 e. The zero-order valence-electron chi connectivity index (χ0n) is 18.6. The maximum atomic E-state index is 13.1. The van der Waals surface area contributed by atoms with E-state index in [2.05, 4.69) is 16.6 Å². The number of nitrogens with one attached hydrogen (secondary N) is 2. The molecule has 1 saturated heterocycles. The van der Waals surface area contributed by atoms with Crippen LogP contribution in [-0.2, 0) is 14.3 Å². The van der Waals surface area contributed by atoms with Gasteiger partial charge in [0.25, 0.3) is 11.8 Å². The Balaban J connectivity index is 1.69. The van der Waals surface area contributed by atoms with E-state index in [9.17, 15) is 14.4 Å². The van der Waals surface area contributed by atoms with Gasteiger partial charge in [-0.3, -0.25) is 9.59 Å². The summed E-state index contributed by atoms with van der Waals surface area (Å²) in [6.07, 6.45) is 6.44. The molecule has 0 saturated carbocycles. The van der Waals surface area contributed by atoms with Gasteiger partial charge in [-0.25, -0.2) is 4.79 Å². The molecule has 0 radical (unpaired) electrons. The number of hydrogen-bond donors (Lipinski definition) is 2. The molecule has 1 fully saturated rings. The summed E-state index contributed by atoms with van der Waals surface area (Å²) < 4.78 is 10.5. The second-order valence-corrected chi connectivity index (χ2v) is 9.51.